The Morgan fingerprint density at radius 2 is 1.94 bits per heavy atom. The van der Waals surface area contributed by atoms with E-state index in [1.165, 1.54) is 7.11 Å². The highest BCUT2D eigenvalue weighted by Crippen LogP contribution is 2.63. The number of carbonyl (C=O) groups is 1. The first-order valence-corrected chi connectivity index (χ1v) is 7.82. The quantitative estimate of drug-likeness (QED) is 0.831. The van der Waals surface area contributed by atoms with Crippen LogP contribution < -0.4 is 0 Å². The summed E-state index contributed by atoms with van der Waals surface area (Å²) in [7, 11) is -1.75. The number of hydrogen-bond donors (Lipinski definition) is 1. The van der Waals surface area contributed by atoms with Gasteiger partial charge in [-0.25, -0.2) is 13.2 Å². The van der Waals surface area contributed by atoms with Gasteiger partial charge in [0.15, 0.2) is 15.9 Å². The monoisotopic (exact) mass is 276 g/mol. The maximum atomic E-state index is 12.1. The number of methoxy groups -OCH3 is 1. The summed E-state index contributed by atoms with van der Waals surface area (Å²) in [6.45, 7) is 3.43. The smallest absolute Gasteiger partial charge is 0.333 e. The van der Waals surface area contributed by atoms with E-state index in [1.54, 1.807) is 13.8 Å². The molecule has 1 aliphatic heterocycles. The van der Waals surface area contributed by atoms with Crippen LogP contribution in [0.1, 0.15) is 33.1 Å². The molecule has 5 nitrogen and oxygen atoms in total. The predicted molar refractivity (Wildman–Crippen MR) is 66.1 cm³/mol. The first-order valence-electron chi connectivity index (χ1n) is 6.17. The molecule has 18 heavy (non-hydrogen) atoms. The van der Waals surface area contributed by atoms with Crippen molar-refractivity contribution in [3.05, 3.63) is 0 Å². The van der Waals surface area contributed by atoms with Crippen molar-refractivity contribution in [1.29, 1.82) is 0 Å². The summed E-state index contributed by atoms with van der Waals surface area (Å²) < 4.78 is 28.4. The van der Waals surface area contributed by atoms with E-state index in [-0.39, 0.29) is 11.7 Å². The number of ether oxygens (including phenoxy) is 1. The fraction of sp³-hybridized carbons (Fsp3) is 0.917. The molecule has 1 saturated heterocycles. The fourth-order valence-electron chi connectivity index (χ4n) is 3.60. The molecule has 2 rings (SSSR count). The van der Waals surface area contributed by atoms with E-state index in [1.807, 2.05) is 0 Å². The molecular weight excluding hydrogens is 256 g/mol. The minimum absolute atomic E-state index is 0.129. The Morgan fingerprint density at radius 1 is 1.39 bits per heavy atom. The molecule has 2 unspecified atom stereocenters. The van der Waals surface area contributed by atoms with Gasteiger partial charge in [0.2, 0.25) is 0 Å². The van der Waals surface area contributed by atoms with Gasteiger partial charge in [-0.2, -0.15) is 0 Å². The van der Waals surface area contributed by atoms with Crippen LogP contribution in [0.4, 0.5) is 0 Å². The average Bonchev–Trinajstić information content (AvgIpc) is 2.94. The second kappa shape index (κ2) is 3.93. The summed E-state index contributed by atoms with van der Waals surface area (Å²) in [6.07, 6.45) is 1.13. The van der Waals surface area contributed by atoms with E-state index >= 15 is 0 Å². The van der Waals surface area contributed by atoms with Crippen molar-refractivity contribution in [1.82, 2.24) is 0 Å². The van der Waals surface area contributed by atoms with Gasteiger partial charge in [-0.15, -0.1) is 0 Å². The van der Waals surface area contributed by atoms with Crippen molar-refractivity contribution in [3.63, 3.8) is 0 Å². The molecule has 0 spiro atoms. The van der Waals surface area contributed by atoms with Crippen LogP contribution in [0.2, 0.25) is 0 Å². The zero-order valence-corrected chi connectivity index (χ0v) is 11.8. The molecule has 2 fully saturated rings. The van der Waals surface area contributed by atoms with E-state index < -0.39 is 32.1 Å². The van der Waals surface area contributed by atoms with E-state index in [0.717, 1.165) is 12.8 Å². The van der Waals surface area contributed by atoms with Gasteiger partial charge < -0.3 is 9.84 Å². The number of aliphatic carboxylic acids is 1. The Kier molecular flexibility index (Phi) is 3.02. The Hall–Kier alpha value is -0.620. The minimum atomic E-state index is -3.13. The zero-order valence-electron chi connectivity index (χ0n) is 11.0. The molecule has 104 valence electrons. The first kappa shape index (κ1) is 13.8. The van der Waals surface area contributed by atoms with Crippen molar-refractivity contribution in [2.45, 2.75) is 44.0 Å². The van der Waals surface area contributed by atoms with Gasteiger partial charge in [-0.05, 0) is 39.0 Å². The van der Waals surface area contributed by atoms with Gasteiger partial charge in [-0.1, -0.05) is 0 Å². The third kappa shape index (κ3) is 1.69. The van der Waals surface area contributed by atoms with E-state index in [0.29, 0.717) is 6.42 Å². The molecule has 1 heterocycles. The van der Waals surface area contributed by atoms with E-state index in [4.69, 9.17) is 4.74 Å². The summed E-state index contributed by atoms with van der Waals surface area (Å²) >= 11 is 0. The Labute approximate surface area is 107 Å². The Balaban J connectivity index is 2.36. The number of hydrogen-bond acceptors (Lipinski definition) is 4. The molecule has 0 radical (unpaired) electrons. The molecule has 0 aromatic rings. The topological polar surface area (TPSA) is 80.7 Å². The number of rotatable bonds is 4. The van der Waals surface area contributed by atoms with Crippen LogP contribution in [0.5, 0.6) is 0 Å². The average molecular weight is 276 g/mol. The number of carboxylic acid groups (broad SMARTS) is 1. The molecule has 1 N–H and O–H groups in total. The second-order valence-electron chi connectivity index (χ2n) is 5.95. The molecular formula is C12H20O5S. The lowest BCUT2D eigenvalue weighted by Crippen LogP contribution is -2.46. The van der Waals surface area contributed by atoms with Gasteiger partial charge in [0, 0.05) is 12.5 Å². The fourth-order valence-corrected chi connectivity index (χ4v) is 5.46. The molecule has 1 aliphatic carbocycles. The molecule has 1 saturated carbocycles. The molecule has 0 bridgehead atoms. The third-order valence-electron chi connectivity index (χ3n) is 4.82. The maximum Gasteiger partial charge on any atom is 0.333 e. The highest BCUT2D eigenvalue weighted by Gasteiger charge is 2.66. The van der Waals surface area contributed by atoms with Gasteiger partial charge in [0.25, 0.3) is 0 Å². The molecule has 0 aromatic heterocycles. The summed E-state index contributed by atoms with van der Waals surface area (Å²) in [5.41, 5.74) is -0.492. The second-order valence-corrected chi connectivity index (χ2v) is 8.64. The van der Waals surface area contributed by atoms with Crippen LogP contribution >= 0.6 is 0 Å². The summed E-state index contributed by atoms with van der Waals surface area (Å²) in [6, 6.07) is 0. The summed E-state index contributed by atoms with van der Waals surface area (Å²) in [4.78, 5) is 11.3. The van der Waals surface area contributed by atoms with Crippen LogP contribution in [-0.4, -0.2) is 43.2 Å². The van der Waals surface area contributed by atoms with E-state index in [2.05, 4.69) is 0 Å². The van der Waals surface area contributed by atoms with Crippen molar-refractivity contribution in [2.24, 2.45) is 11.3 Å². The highest BCUT2D eigenvalue weighted by molar-refractivity contribution is 7.93. The van der Waals surface area contributed by atoms with Crippen molar-refractivity contribution in [3.8, 4) is 0 Å². The van der Waals surface area contributed by atoms with Crippen LogP contribution in [-0.2, 0) is 19.4 Å². The van der Waals surface area contributed by atoms with Crippen LogP contribution in [0.25, 0.3) is 0 Å². The predicted octanol–water partition coefficient (Wildman–Crippen LogP) is 1.08. The van der Waals surface area contributed by atoms with Crippen LogP contribution in [0, 0.1) is 11.3 Å². The number of sulfone groups is 1. The maximum absolute atomic E-state index is 12.1. The summed E-state index contributed by atoms with van der Waals surface area (Å²) in [5, 5.41) is 9.24. The zero-order chi connectivity index (χ0) is 13.8. The van der Waals surface area contributed by atoms with Gasteiger partial charge >= 0.3 is 5.97 Å². The van der Waals surface area contributed by atoms with Gasteiger partial charge in [0.05, 0.1) is 10.5 Å². The Bertz CT molecular complexity index is 461. The summed E-state index contributed by atoms with van der Waals surface area (Å²) in [5.74, 6) is -0.964. The number of carboxylic acids is 1. The van der Waals surface area contributed by atoms with Crippen molar-refractivity contribution in [2.75, 3.05) is 12.9 Å². The lowest BCUT2D eigenvalue weighted by atomic mass is 9.75. The van der Waals surface area contributed by atoms with Crippen molar-refractivity contribution < 1.29 is 23.1 Å². The molecule has 2 atom stereocenters. The van der Waals surface area contributed by atoms with E-state index in [9.17, 15) is 18.3 Å². The largest absolute Gasteiger partial charge is 0.479 e. The Morgan fingerprint density at radius 3 is 2.22 bits per heavy atom. The lowest BCUT2D eigenvalue weighted by Gasteiger charge is -2.35. The van der Waals surface area contributed by atoms with Crippen LogP contribution in [0.3, 0.4) is 0 Å². The third-order valence-corrected chi connectivity index (χ3v) is 7.48. The highest BCUT2D eigenvalue weighted by atomic mass is 32.2. The van der Waals surface area contributed by atoms with Gasteiger partial charge in [-0.3, -0.25) is 0 Å². The molecule has 0 amide bonds. The lowest BCUT2D eigenvalue weighted by molar-refractivity contribution is -0.155. The SMILES string of the molecule is COC(C(=O)O)C1(C2CCS(=O)(=O)C2(C)C)CC1. The van der Waals surface area contributed by atoms with Gasteiger partial charge in [0.1, 0.15) is 0 Å². The molecule has 2 aliphatic rings. The van der Waals surface area contributed by atoms with Crippen LogP contribution in [0.15, 0.2) is 0 Å². The normalized spacial score (nSPS) is 32.9. The molecule has 6 heteroatoms. The standard InChI is InChI=1S/C12H20O5S/c1-11(2)8(4-7-18(11,15)16)12(5-6-12)9(17-3)10(13)14/h8-9H,4-7H2,1-3H3,(H,13,14). The minimum Gasteiger partial charge on any atom is -0.479 e. The molecule has 0 aromatic carbocycles. The van der Waals surface area contributed by atoms with Crippen molar-refractivity contribution >= 4 is 15.8 Å². The first-order chi connectivity index (χ1) is 8.19.